The molecule has 2 rings (SSSR count). The molecule has 1 saturated heterocycles. The van der Waals surface area contributed by atoms with Crippen molar-refractivity contribution >= 4 is 23.2 Å². The summed E-state index contributed by atoms with van der Waals surface area (Å²) in [4.78, 5) is 25.8. The van der Waals surface area contributed by atoms with Gasteiger partial charge in [0, 0.05) is 19.0 Å². The molecule has 19 heavy (non-hydrogen) atoms. The van der Waals surface area contributed by atoms with Crippen LogP contribution in [0.25, 0.3) is 0 Å². The van der Waals surface area contributed by atoms with E-state index in [-0.39, 0.29) is 23.8 Å². The van der Waals surface area contributed by atoms with Crippen LogP contribution >= 0.6 is 11.3 Å². The van der Waals surface area contributed by atoms with Crippen LogP contribution < -0.4 is 5.32 Å². The summed E-state index contributed by atoms with van der Waals surface area (Å²) in [6.07, 6.45) is 0. The van der Waals surface area contributed by atoms with Crippen LogP contribution in [-0.2, 0) is 9.53 Å². The molecule has 0 saturated carbocycles. The molecule has 104 valence electrons. The van der Waals surface area contributed by atoms with Gasteiger partial charge in [-0.15, -0.1) is 11.3 Å². The van der Waals surface area contributed by atoms with Crippen molar-refractivity contribution in [2.75, 3.05) is 33.4 Å². The van der Waals surface area contributed by atoms with Gasteiger partial charge >= 0.3 is 0 Å². The standard InChI is InChI=1S/C13H18N2O3S/c1-13(8-18-9-13)7-14-11(16)6-15(2)12(17)10-4-3-5-19-10/h3-5H,6-9H2,1-2H3,(H,14,16). The summed E-state index contributed by atoms with van der Waals surface area (Å²) in [7, 11) is 1.63. The molecule has 0 aromatic carbocycles. The van der Waals surface area contributed by atoms with Crippen molar-refractivity contribution in [2.24, 2.45) is 5.41 Å². The van der Waals surface area contributed by atoms with Crippen LogP contribution in [0.15, 0.2) is 17.5 Å². The van der Waals surface area contributed by atoms with Crippen LogP contribution in [0.4, 0.5) is 0 Å². The minimum Gasteiger partial charge on any atom is -0.380 e. The number of carbonyl (C=O) groups is 2. The Morgan fingerprint density at radius 3 is 2.79 bits per heavy atom. The van der Waals surface area contributed by atoms with Gasteiger partial charge in [0.1, 0.15) is 0 Å². The minimum absolute atomic E-state index is 0.0476. The van der Waals surface area contributed by atoms with Crippen molar-refractivity contribution < 1.29 is 14.3 Å². The second-order valence-corrected chi connectivity index (χ2v) is 6.17. The van der Waals surface area contributed by atoms with Gasteiger partial charge in [-0.2, -0.15) is 0 Å². The predicted molar refractivity (Wildman–Crippen MR) is 73.2 cm³/mol. The van der Waals surface area contributed by atoms with Crippen LogP contribution in [0, 0.1) is 5.41 Å². The second-order valence-electron chi connectivity index (χ2n) is 5.22. The summed E-state index contributed by atoms with van der Waals surface area (Å²) < 4.78 is 5.12. The summed E-state index contributed by atoms with van der Waals surface area (Å²) in [6.45, 7) is 4.09. The fourth-order valence-corrected chi connectivity index (χ4v) is 2.51. The van der Waals surface area contributed by atoms with Crippen LogP contribution in [0.3, 0.4) is 0 Å². The Balaban J connectivity index is 1.77. The molecule has 1 aromatic heterocycles. The van der Waals surface area contributed by atoms with Crippen molar-refractivity contribution in [2.45, 2.75) is 6.92 Å². The maximum atomic E-state index is 11.9. The molecule has 5 nitrogen and oxygen atoms in total. The Labute approximate surface area is 116 Å². The molecule has 1 aliphatic heterocycles. The zero-order valence-corrected chi connectivity index (χ0v) is 12.0. The van der Waals surface area contributed by atoms with E-state index in [2.05, 4.69) is 12.2 Å². The first-order valence-corrected chi connectivity index (χ1v) is 7.02. The fourth-order valence-electron chi connectivity index (χ4n) is 1.80. The molecule has 1 fully saturated rings. The highest BCUT2D eigenvalue weighted by atomic mass is 32.1. The normalized spacial score (nSPS) is 16.5. The summed E-state index contributed by atoms with van der Waals surface area (Å²) in [5, 5.41) is 4.69. The van der Waals surface area contributed by atoms with E-state index < -0.39 is 0 Å². The van der Waals surface area contributed by atoms with Gasteiger partial charge in [-0.25, -0.2) is 0 Å². The predicted octanol–water partition coefficient (Wildman–Crippen LogP) is 0.973. The Hall–Kier alpha value is -1.40. The van der Waals surface area contributed by atoms with E-state index in [1.165, 1.54) is 16.2 Å². The fraction of sp³-hybridized carbons (Fsp3) is 0.538. The lowest BCUT2D eigenvalue weighted by molar-refractivity contribution is -0.127. The molecule has 1 aromatic rings. The van der Waals surface area contributed by atoms with E-state index in [0.717, 1.165) is 0 Å². The molecule has 2 amide bonds. The zero-order chi connectivity index (χ0) is 13.9. The van der Waals surface area contributed by atoms with Crippen molar-refractivity contribution in [3.63, 3.8) is 0 Å². The van der Waals surface area contributed by atoms with Crippen molar-refractivity contribution in [3.8, 4) is 0 Å². The van der Waals surface area contributed by atoms with E-state index in [4.69, 9.17) is 4.74 Å². The monoisotopic (exact) mass is 282 g/mol. The summed E-state index contributed by atoms with van der Waals surface area (Å²) >= 11 is 1.38. The van der Waals surface area contributed by atoms with E-state index in [1.54, 1.807) is 13.1 Å². The number of nitrogens with one attached hydrogen (secondary N) is 1. The second kappa shape index (κ2) is 5.71. The molecule has 0 aliphatic carbocycles. The highest BCUT2D eigenvalue weighted by Gasteiger charge is 2.33. The van der Waals surface area contributed by atoms with Crippen LogP contribution in [0.1, 0.15) is 16.6 Å². The Morgan fingerprint density at radius 1 is 1.53 bits per heavy atom. The summed E-state index contributed by atoms with van der Waals surface area (Å²) in [5.41, 5.74) is 0.0476. The smallest absolute Gasteiger partial charge is 0.264 e. The first-order valence-electron chi connectivity index (χ1n) is 6.14. The molecule has 0 bridgehead atoms. The van der Waals surface area contributed by atoms with Crippen LogP contribution in [0.2, 0.25) is 0 Å². The van der Waals surface area contributed by atoms with Crippen LogP contribution in [-0.4, -0.2) is 50.1 Å². The lowest BCUT2D eigenvalue weighted by Crippen LogP contribution is -2.50. The number of likely N-dealkylation sites (N-methyl/N-ethyl adjacent to an activating group) is 1. The number of rotatable bonds is 5. The van der Waals surface area contributed by atoms with E-state index >= 15 is 0 Å². The van der Waals surface area contributed by atoms with Gasteiger partial charge in [-0.05, 0) is 11.4 Å². The largest absolute Gasteiger partial charge is 0.380 e. The molecular formula is C13H18N2O3S. The molecule has 2 heterocycles. The highest BCUT2D eigenvalue weighted by Crippen LogP contribution is 2.24. The molecule has 6 heteroatoms. The van der Waals surface area contributed by atoms with E-state index in [1.807, 2.05) is 11.4 Å². The first-order chi connectivity index (χ1) is 9.00. The third kappa shape index (κ3) is 3.54. The summed E-state index contributed by atoms with van der Waals surface area (Å²) in [6, 6.07) is 3.58. The average molecular weight is 282 g/mol. The molecule has 0 unspecified atom stereocenters. The van der Waals surface area contributed by atoms with Gasteiger partial charge in [-0.3, -0.25) is 9.59 Å². The van der Waals surface area contributed by atoms with Gasteiger partial charge < -0.3 is 15.0 Å². The molecule has 0 atom stereocenters. The lowest BCUT2D eigenvalue weighted by Gasteiger charge is -2.38. The quantitative estimate of drug-likeness (QED) is 0.875. The summed E-state index contributed by atoms with van der Waals surface area (Å²) in [5.74, 6) is -0.260. The maximum Gasteiger partial charge on any atom is 0.264 e. The van der Waals surface area contributed by atoms with Crippen molar-refractivity contribution in [1.29, 1.82) is 0 Å². The average Bonchev–Trinajstić information content (AvgIpc) is 2.86. The lowest BCUT2D eigenvalue weighted by atomic mass is 9.89. The number of thiophene rings is 1. The molecule has 1 N–H and O–H groups in total. The number of amides is 2. The Morgan fingerprint density at radius 2 is 2.26 bits per heavy atom. The molecule has 0 radical (unpaired) electrons. The third-order valence-electron chi connectivity index (χ3n) is 3.07. The Bertz CT molecular complexity index is 454. The van der Waals surface area contributed by atoms with Gasteiger partial charge in [0.15, 0.2) is 0 Å². The number of hydrogen-bond donors (Lipinski definition) is 1. The Kier molecular flexibility index (Phi) is 4.21. The number of carbonyl (C=O) groups excluding carboxylic acids is 2. The molecular weight excluding hydrogens is 264 g/mol. The van der Waals surface area contributed by atoms with Crippen LogP contribution in [0.5, 0.6) is 0 Å². The SMILES string of the molecule is CN(CC(=O)NCC1(C)COC1)C(=O)c1cccs1. The highest BCUT2D eigenvalue weighted by molar-refractivity contribution is 7.12. The topological polar surface area (TPSA) is 58.6 Å². The number of hydrogen-bond acceptors (Lipinski definition) is 4. The third-order valence-corrected chi connectivity index (χ3v) is 3.93. The molecule has 1 aliphatic rings. The van der Waals surface area contributed by atoms with Crippen molar-refractivity contribution in [3.05, 3.63) is 22.4 Å². The van der Waals surface area contributed by atoms with Crippen molar-refractivity contribution in [1.82, 2.24) is 10.2 Å². The first kappa shape index (κ1) is 14.0. The minimum atomic E-state index is -0.138. The molecule has 0 spiro atoms. The zero-order valence-electron chi connectivity index (χ0n) is 11.1. The van der Waals surface area contributed by atoms with Gasteiger partial charge in [0.25, 0.3) is 5.91 Å². The van der Waals surface area contributed by atoms with Gasteiger partial charge in [0.2, 0.25) is 5.91 Å². The maximum absolute atomic E-state index is 11.9. The van der Waals surface area contributed by atoms with E-state index in [0.29, 0.717) is 24.6 Å². The van der Waals surface area contributed by atoms with Gasteiger partial charge in [-0.1, -0.05) is 13.0 Å². The number of nitrogens with zero attached hydrogens (tertiary/aromatic N) is 1. The van der Waals surface area contributed by atoms with E-state index in [9.17, 15) is 9.59 Å². The van der Waals surface area contributed by atoms with Gasteiger partial charge in [0.05, 0.1) is 24.6 Å². The number of ether oxygens (including phenoxy) is 1.